The first-order chi connectivity index (χ1) is 14.7. The van der Waals surface area contributed by atoms with Crippen LogP contribution in [0.1, 0.15) is 18.4 Å². The van der Waals surface area contributed by atoms with Crippen LogP contribution in [0.2, 0.25) is 0 Å². The zero-order chi connectivity index (χ0) is 20.1. The molecular formula is C23H18N6S. The molecule has 0 saturated heterocycles. The van der Waals surface area contributed by atoms with Crippen molar-refractivity contribution < 1.29 is 0 Å². The highest BCUT2D eigenvalue weighted by molar-refractivity contribution is 7.13. The van der Waals surface area contributed by atoms with E-state index < -0.39 is 0 Å². The van der Waals surface area contributed by atoms with E-state index >= 15 is 0 Å². The fourth-order valence-corrected chi connectivity index (χ4v) is 4.74. The molecule has 6 heterocycles. The second-order valence-corrected chi connectivity index (χ2v) is 8.42. The molecule has 1 aliphatic rings. The van der Waals surface area contributed by atoms with Crippen molar-refractivity contribution in [1.29, 1.82) is 0 Å². The molecule has 0 aliphatic carbocycles. The first-order valence-corrected chi connectivity index (χ1v) is 10.7. The molecule has 0 spiro atoms. The van der Waals surface area contributed by atoms with Crippen molar-refractivity contribution in [3.05, 3.63) is 72.3 Å². The Hall–Kier alpha value is -3.58. The number of thiazole rings is 1. The molecule has 1 N–H and O–H groups in total. The average Bonchev–Trinajstić information content (AvgIpc) is 3.50. The number of fused-ring (bicyclic) bond motifs is 3. The highest BCUT2D eigenvalue weighted by Gasteiger charge is 2.20. The summed E-state index contributed by atoms with van der Waals surface area (Å²) in [7, 11) is 0. The zero-order valence-electron chi connectivity index (χ0n) is 16.3. The molecule has 0 radical (unpaired) electrons. The van der Waals surface area contributed by atoms with Crippen LogP contribution in [-0.4, -0.2) is 24.5 Å². The summed E-state index contributed by atoms with van der Waals surface area (Å²) in [6, 6.07) is 12.2. The Morgan fingerprint density at radius 2 is 2.03 bits per heavy atom. The molecule has 0 aromatic carbocycles. The maximum atomic E-state index is 4.82. The third kappa shape index (κ3) is 2.86. The van der Waals surface area contributed by atoms with Crippen molar-refractivity contribution in [2.24, 2.45) is 0 Å². The summed E-state index contributed by atoms with van der Waals surface area (Å²) in [6.07, 6.45) is 7.70. The van der Waals surface area contributed by atoms with Gasteiger partial charge in [0.2, 0.25) is 0 Å². The first kappa shape index (κ1) is 17.3. The Morgan fingerprint density at radius 1 is 1.07 bits per heavy atom. The van der Waals surface area contributed by atoms with Crippen molar-refractivity contribution >= 4 is 34.0 Å². The molecule has 6 nitrogen and oxygen atoms in total. The molecule has 1 aliphatic heterocycles. The minimum absolute atomic E-state index is 0.597. The highest BCUT2D eigenvalue weighted by atomic mass is 32.1. The van der Waals surface area contributed by atoms with Gasteiger partial charge in [0.15, 0.2) is 0 Å². The normalized spacial score (nSPS) is 15.0. The Bertz CT molecular complexity index is 1370. The van der Waals surface area contributed by atoms with Crippen LogP contribution in [0, 0.1) is 0 Å². The van der Waals surface area contributed by atoms with Crippen LogP contribution in [0.3, 0.4) is 0 Å². The average molecular weight is 411 g/mol. The second kappa shape index (κ2) is 6.74. The van der Waals surface area contributed by atoms with Crippen LogP contribution >= 0.6 is 11.3 Å². The minimum atomic E-state index is 0.597. The van der Waals surface area contributed by atoms with Gasteiger partial charge in [-0.3, -0.25) is 9.97 Å². The Labute approximate surface area is 177 Å². The highest BCUT2D eigenvalue weighted by Crippen LogP contribution is 2.36. The van der Waals surface area contributed by atoms with E-state index in [4.69, 9.17) is 4.98 Å². The van der Waals surface area contributed by atoms with E-state index in [2.05, 4.69) is 50.1 Å². The maximum absolute atomic E-state index is 4.82. The van der Waals surface area contributed by atoms with E-state index in [1.807, 2.05) is 42.2 Å². The van der Waals surface area contributed by atoms with Gasteiger partial charge in [0.25, 0.3) is 0 Å². The summed E-state index contributed by atoms with van der Waals surface area (Å²) in [5.74, 6) is 2.50. The van der Waals surface area contributed by atoms with Crippen LogP contribution in [0.4, 0.5) is 11.6 Å². The lowest BCUT2D eigenvalue weighted by molar-refractivity contribution is 0.644. The number of hydrogen-bond donors (Lipinski definition) is 1. The molecule has 6 rings (SSSR count). The van der Waals surface area contributed by atoms with Crippen molar-refractivity contribution in [2.75, 3.05) is 5.32 Å². The van der Waals surface area contributed by atoms with E-state index in [9.17, 15) is 0 Å². The molecule has 146 valence electrons. The molecule has 0 fully saturated rings. The maximum Gasteiger partial charge on any atom is 0.132 e. The van der Waals surface area contributed by atoms with Crippen molar-refractivity contribution in [2.45, 2.75) is 19.4 Å². The standard InChI is InChI=1S/C23H18N6S/c1-14-11-29-12-17(14)8-21(29)28-20-5-4-18-19(27-20)7-16(10-25-18)23-22(26-13-30-23)15-3-2-6-24-9-15/h2-10,12-14H,11H2,1H3,(H,27,28). The van der Waals surface area contributed by atoms with Crippen LogP contribution in [0.15, 0.2) is 66.7 Å². The molecule has 5 aromatic heterocycles. The summed E-state index contributed by atoms with van der Waals surface area (Å²) in [4.78, 5) is 19.3. The van der Waals surface area contributed by atoms with Crippen molar-refractivity contribution in [1.82, 2.24) is 24.5 Å². The summed E-state index contributed by atoms with van der Waals surface area (Å²) in [5, 5.41) is 3.45. The molecule has 1 atom stereocenters. The van der Waals surface area contributed by atoms with Crippen LogP contribution in [0.25, 0.3) is 32.7 Å². The van der Waals surface area contributed by atoms with Gasteiger partial charge in [-0.1, -0.05) is 6.92 Å². The lowest BCUT2D eigenvalue weighted by Crippen LogP contribution is -2.06. The number of nitrogens with zero attached hydrogens (tertiary/aromatic N) is 5. The third-order valence-corrected chi connectivity index (χ3v) is 6.39. The van der Waals surface area contributed by atoms with Crippen LogP contribution in [0.5, 0.6) is 0 Å². The van der Waals surface area contributed by atoms with Gasteiger partial charge in [-0.05, 0) is 42.0 Å². The SMILES string of the molecule is CC1Cn2cc1cc2Nc1ccc2ncc(-c3scnc3-c3cccnc3)cc2n1. The smallest absolute Gasteiger partial charge is 0.132 e. The van der Waals surface area contributed by atoms with Crippen molar-refractivity contribution in [3.8, 4) is 21.7 Å². The number of rotatable bonds is 4. The number of hydrogen-bond acceptors (Lipinski definition) is 6. The zero-order valence-corrected chi connectivity index (χ0v) is 17.1. The van der Waals surface area contributed by atoms with Gasteiger partial charge >= 0.3 is 0 Å². The Balaban J connectivity index is 1.37. The van der Waals surface area contributed by atoms with Gasteiger partial charge in [0, 0.05) is 48.4 Å². The molecule has 30 heavy (non-hydrogen) atoms. The van der Waals surface area contributed by atoms with Gasteiger partial charge in [-0.15, -0.1) is 11.3 Å². The molecule has 7 heteroatoms. The first-order valence-electron chi connectivity index (χ1n) is 9.83. The van der Waals surface area contributed by atoms with Gasteiger partial charge < -0.3 is 9.88 Å². The van der Waals surface area contributed by atoms with Gasteiger partial charge in [-0.2, -0.15) is 0 Å². The fourth-order valence-electron chi connectivity index (χ4n) is 3.95. The van der Waals surface area contributed by atoms with Gasteiger partial charge in [0.1, 0.15) is 11.6 Å². The molecule has 5 aromatic rings. The molecular weight excluding hydrogens is 392 g/mol. The van der Waals surface area contributed by atoms with Crippen LogP contribution in [-0.2, 0) is 6.54 Å². The second-order valence-electron chi connectivity index (χ2n) is 7.57. The summed E-state index contributed by atoms with van der Waals surface area (Å²) >= 11 is 1.60. The van der Waals surface area contributed by atoms with E-state index in [0.717, 1.165) is 50.9 Å². The molecule has 0 saturated carbocycles. The van der Waals surface area contributed by atoms with Crippen LogP contribution < -0.4 is 5.32 Å². The Kier molecular flexibility index (Phi) is 3.89. The van der Waals surface area contributed by atoms with E-state index in [-0.39, 0.29) is 0 Å². The van der Waals surface area contributed by atoms with Crippen molar-refractivity contribution in [3.63, 3.8) is 0 Å². The van der Waals surface area contributed by atoms with Gasteiger partial charge in [0.05, 0.1) is 27.1 Å². The fraction of sp³-hybridized carbons (Fsp3) is 0.130. The summed E-state index contributed by atoms with van der Waals surface area (Å²) in [5.41, 5.74) is 7.88. The number of pyridine rings is 3. The predicted molar refractivity (Wildman–Crippen MR) is 120 cm³/mol. The molecule has 1 unspecified atom stereocenters. The molecule has 2 bridgehead atoms. The number of anilines is 2. The lowest BCUT2D eigenvalue weighted by atomic mass is 10.1. The number of aromatic nitrogens is 5. The monoisotopic (exact) mass is 410 g/mol. The third-order valence-electron chi connectivity index (χ3n) is 5.52. The number of nitrogens with one attached hydrogen (secondary N) is 1. The minimum Gasteiger partial charge on any atom is -0.334 e. The largest absolute Gasteiger partial charge is 0.334 e. The van der Waals surface area contributed by atoms with E-state index in [0.29, 0.717) is 5.92 Å². The predicted octanol–water partition coefficient (Wildman–Crippen LogP) is 5.48. The van der Waals surface area contributed by atoms with E-state index in [1.165, 1.54) is 5.56 Å². The van der Waals surface area contributed by atoms with Gasteiger partial charge in [-0.25, -0.2) is 9.97 Å². The Morgan fingerprint density at radius 3 is 2.83 bits per heavy atom. The summed E-state index contributed by atoms with van der Waals surface area (Å²) in [6.45, 7) is 3.27. The lowest BCUT2D eigenvalue weighted by Gasteiger charge is -2.14. The van der Waals surface area contributed by atoms with E-state index in [1.54, 1.807) is 17.5 Å². The molecule has 0 amide bonds. The topological polar surface area (TPSA) is 68.5 Å². The summed E-state index contributed by atoms with van der Waals surface area (Å²) < 4.78 is 2.25. The quantitative estimate of drug-likeness (QED) is 0.425.